The first-order valence-electron chi connectivity index (χ1n) is 9.19. The average molecular weight is 359 g/mol. The number of aliphatic imine (C=N–C) groups is 1. The molecule has 3 N–H and O–H groups in total. The van der Waals surface area contributed by atoms with Gasteiger partial charge in [0.2, 0.25) is 5.91 Å². The van der Waals surface area contributed by atoms with Gasteiger partial charge in [-0.3, -0.25) is 9.79 Å². The number of benzene rings is 1. The molecule has 0 aliphatic carbocycles. The zero-order valence-corrected chi connectivity index (χ0v) is 15.8. The molecule has 3 atom stereocenters. The van der Waals surface area contributed by atoms with Gasteiger partial charge >= 0.3 is 0 Å². The van der Waals surface area contributed by atoms with Crippen molar-refractivity contribution < 1.29 is 9.53 Å². The van der Waals surface area contributed by atoms with Crippen LogP contribution in [0.4, 0.5) is 5.69 Å². The van der Waals surface area contributed by atoms with Crippen molar-refractivity contribution in [2.24, 2.45) is 4.99 Å². The number of nitrogens with zero attached hydrogens (tertiary/aromatic N) is 2. The summed E-state index contributed by atoms with van der Waals surface area (Å²) < 4.78 is 5.88. The summed E-state index contributed by atoms with van der Waals surface area (Å²) in [5, 5.41) is 9.74. The minimum atomic E-state index is -0.0196. The Balaban J connectivity index is 1.50. The predicted octanol–water partition coefficient (Wildman–Crippen LogP) is 1.17. The first kappa shape index (κ1) is 18.7. The molecule has 1 amide bonds. The molecule has 7 nitrogen and oxygen atoms in total. The molecule has 0 aromatic heterocycles. The van der Waals surface area contributed by atoms with Gasteiger partial charge in [-0.25, -0.2) is 0 Å². The van der Waals surface area contributed by atoms with Crippen molar-refractivity contribution in [2.75, 3.05) is 33.0 Å². The van der Waals surface area contributed by atoms with Gasteiger partial charge in [-0.15, -0.1) is 0 Å². The van der Waals surface area contributed by atoms with Crippen LogP contribution in [0.1, 0.15) is 24.8 Å². The van der Waals surface area contributed by atoms with Crippen molar-refractivity contribution in [2.45, 2.75) is 44.1 Å². The van der Waals surface area contributed by atoms with Gasteiger partial charge in [-0.05, 0) is 51.1 Å². The molecular formula is C19H29N5O2. The number of hydrogen-bond donors (Lipinski definition) is 3. The lowest BCUT2D eigenvalue weighted by Crippen LogP contribution is -2.47. The third-order valence-corrected chi connectivity index (χ3v) is 4.78. The second-order valence-electron chi connectivity index (χ2n) is 7.27. The number of nitrogens with one attached hydrogen (secondary N) is 3. The van der Waals surface area contributed by atoms with Gasteiger partial charge in [0.1, 0.15) is 0 Å². The third-order valence-electron chi connectivity index (χ3n) is 4.78. The number of ether oxygens (including phenoxy) is 1. The van der Waals surface area contributed by atoms with E-state index in [1.54, 1.807) is 7.05 Å². The maximum Gasteiger partial charge on any atom is 0.238 e. The fourth-order valence-corrected chi connectivity index (χ4v) is 3.59. The highest BCUT2D eigenvalue weighted by Gasteiger charge is 2.41. The van der Waals surface area contributed by atoms with E-state index in [0.29, 0.717) is 31.3 Å². The molecule has 3 unspecified atom stereocenters. The summed E-state index contributed by atoms with van der Waals surface area (Å²) in [6, 6.07) is 8.20. The normalized spacial score (nSPS) is 24.8. The standard InChI is InChI=1S/C19H29N5O2/c1-20-19(23-16-10-15-7-8-17(16)26-15)21-11-13-5-4-6-14(9-13)22-18(25)12-24(2)3/h4-6,9,15-17H,7-8,10-12H2,1-3H3,(H,22,25)(H2,20,21,23). The Bertz CT molecular complexity index is 661. The van der Waals surface area contributed by atoms with Crippen LogP contribution in [0.15, 0.2) is 29.3 Å². The molecule has 1 aromatic rings. The highest BCUT2D eigenvalue weighted by molar-refractivity contribution is 5.92. The molecule has 26 heavy (non-hydrogen) atoms. The Labute approximate surface area is 155 Å². The molecule has 0 spiro atoms. The van der Waals surface area contributed by atoms with E-state index in [1.165, 1.54) is 6.42 Å². The monoisotopic (exact) mass is 359 g/mol. The van der Waals surface area contributed by atoms with Crippen molar-refractivity contribution in [3.05, 3.63) is 29.8 Å². The van der Waals surface area contributed by atoms with Crippen LogP contribution >= 0.6 is 0 Å². The summed E-state index contributed by atoms with van der Waals surface area (Å²) in [6.07, 6.45) is 4.10. The lowest BCUT2D eigenvalue weighted by Gasteiger charge is -2.22. The Kier molecular flexibility index (Phi) is 6.11. The molecule has 1 aromatic carbocycles. The Morgan fingerprint density at radius 2 is 2.19 bits per heavy atom. The van der Waals surface area contributed by atoms with Crippen LogP contribution in [0.25, 0.3) is 0 Å². The summed E-state index contributed by atoms with van der Waals surface area (Å²) >= 11 is 0. The molecule has 142 valence electrons. The first-order valence-corrected chi connectivity index (χ1v) is 9.19. The first-order chi connectivity index (χ1) is 12.5. The summed E-state index contributed by atoms with van der Waals surface area (Å²) in [4.78, 5) is 18.1. The topological polar surface area (TPSA) is 78.0 Å². The number of hydrogen-bond acceptors (Lipinski definition) is 4. The summed E-state index contributed by atoms with van der Waals surface area (Å²) in [5.74, 6) is 0.766. The van der Waals surface area contributed by atoms with E-state index in [4.69, 9.17) is 4.74 Å². The molecule has 2 aliphatic heterocycles. The number of amides is 1. The van der Waals surface area contributed by atoms with Crippen molar-refractivity contribution in [1.29, 1.82) is 0 Å². The van der Waals surface area contributed by atoms with Gasteiger partial charge in [-0.2, -0.15) is 0 Å². The van der Waals surface area contributed by atoms with E-state index in [1.807, 2.05) is 43.3 Å². The van der Waals surface area contributed by atoms with Crippen LogP contribution in [0.3, 0.4) is 0 Å². The number of anilines is 1. The van der Waals surface area contributed by atoms with Crippen molar-refractivity contribution in [1.82, 2.24) is 15.5 Å². The van der Waals surface area contributed by atoms with Crippen molar-refractivity contribution in [3.63, 3.8) is 0 Å². The lowest BCUT2D eigenvalue weighted by molar-refractivity contribution is -0.116. The number of carbonyl (C=O) groups is 1. The van der Waals surface area contributed by atoms with Crippen LogP contribution in [0, 0.1) is 0 Å². The quantitative estimate of drug-likeness (QED) is 0.525. The number of rotatable bonds is 6. The molecule has 2 aliphatic rings. The second-order valence-corrected chi connectivity index (χ2v) is 7.27. The fourth-order valence-electron chi connectivity index (χ4n) is 3.59. The van der Waals surface area contributed by atoms with E-state index in [0.717, 1.165) is 30.1 Å². The van der Waals surface area contributed by atoms with Gasteiger partial charge in [0, 0.05) is 19.3 Å². The van der Waals surface area contributed by atoms with E-state index in [-0.39, 0.29) is 5.91 Å². The second kappa shape index (κ2) is 8.51. The average Bonchev–Trinajstić information content (AvgIpc) is 3.21. The Hall–Kier alpha value is -2.12. The summed E-state index contributed by atoms with van der Waals surface area (Å²) in [7, 11) is 5.53. The Morgan fingerprint density at radius 3 is 2.85 bits per heavy atom. The van der Waals surface area contributed by atoms with Crippen LogP contribution in [0.2, 0.25) is 0 Å². The number of likely N-dealkylation sites (N-methyl/N-ethyl adjacent to an activating group) is 1. The van der Waals surface area contributed by atoms with Crippen LogP contribution in [0.5, 0.6) is 0 Å². The third kappa shape index (κ3) is 4.95. The molecule has 2 fully saturated rings. The minimum absolute atomic E-state index is 0.0196. The van der Waals surface area contributed by atoms with Crippen LogP contribution in [-0.4, -0.2) is 62.7 Å². The highest BCUT2D eigenvalue weighted by Crippen LogP contribution is 2.34. The van der Waals surface area contributed by atoms with Crippen LogP contribution < -0.4 is 16.0 Å². The van der Waals surface area contributed by atoms with Crippen molar-refractivity contribution in [3.8, 4) is 0 Å². The molecule has 0 saturated carbocycles. The van der Waals surface area contributed by atoms with E-state index >= 15 is 0 Å². The summed E-state index contributed by atoms with van der Waals surface area (Å²) in [5.41, 5.74) is 1.89. The fraction of sp³-hybridized carbons (Fsp3) is 0.579. The summed E-state index contributed by atoms with van der Waals surface area (Å²) in [6.45, 7) is 1.00. The Morgan fingerprint density at radius 1 is 1.35 bits per heavy atom. The highest BCUT2D eigenvalue weighted by atomic mass is 16.5. The molecule has 7 heteroatoms. The SMILES string of the molecule is CN=C(NCc1cccc(NC(=O)CN(C)C)c1)NC1CC2CCC1O2. The molecule has 3 rings (SSSR count). The lowest BCUT2D eigenvalue weighted by atomic mass is 9.96. The predicted molar refractivity (Wildman–Crippen MR) is 103 cm³/mol. The number of guanidine groups is 1. The largest absolute Gasteiger partial charge is 0.373 e. The smallest absolute Gasteiger partial charge is 0.238 e. The number of carbonyl (C=O) groups excluding carboxylic acids is 1. The minimum Gasteiger partial charge on any atom is -0.373 e. The molecular weight excluding hydrogens is 330 g/mol. The molecule has 2 bridgehead atoms. The van der Waals surface area contributed by atoms with Gasteiger partial charge in [0.15, 0.2) is 5.96 Å². The van der Waals surface area contributed by atoms with Crippen LogP contribution in [-0.2, 0) is 16.1 Å². The molecule has 2 heterocycles. The zero-order valence-electron chi connectivity index (χ0n) is 15.8. The van der Waals surface area contributed by atoms with E-state index in [9.17, 15) is 4.79 Å². The molecule has 0 radical (unpaired) electrons. The van der Waals surface area contributed by atoms with Gasteiger partial charge < -0.3 is 25.6 Å². The van der Waals surface area contributed by atoms with Gasteiger partial charge in [-0.1, -0.05) is 12.1 Å². The maximum absolute atomic E-state index is 11.9. The van der Waals surface area contributed by atoms with E-state index < -0.39 is 0 Å². The van der Waals surface area contributed by atoms with E-state index in [2.05, 4.69) is 20.9 Å². The number of fused-ring (bicyclic) bond motifs is 2. The van der Waals surface area contributed by atoms with Gasteiger partial charge in [0.05, 0.1) is 24.8 Å². The van der Waals surface area contributed by atoms with Gasteiger partial charge in [0.25, 0.3) is 0 Å². The maximum atomic E-state index is 11.9. The zero-order chi connectivity index (χ0) is 18.5. The van der Waals surface area contributed by atoms with Crippen molar-refractivity contribution >= 4 is 17.6 Å². The molecule has 2 saturated heterocycles.